The molecule has 0 aliphatic carbocycles. The molecule has 0 unspecified atom stereocenters. The lowest BCUT2D eigenvalue weighted by Gasteiger charge is -2.12. The van der Waals surface area contributed by atoms with Crippen LogP contribution < -0.4 is 0 Å². The van der Waals surface area contributed by atoms with Gasteiger partial charge in [0.25, 0.3) is 50.6 Å². The van der Waals surface area contributed by atoms with Gasteiger partial charge >= 0.3 is 21.2 Å². The zero-order valence-corrected chi connectivity index (χ0v) is 49.1. The third-order valence-corrected chi connectivity index (χ3v) is 16.7. The molecule has 0 radical (unpaired) electrons. The van der Waals surface area contributed by atoms with Crippen LogP contribution in [0.25, 0.3) is 53.9 Å². The molecule has 0 saturated heterocycles. The minimum absolute atomic E-state index is 0.00764. The molecule has 10 aromatic rings. The van der Waals surface area contributed by atoms with E-state index in [2.05, 4.69) is 40.9 Å². The number of hydrogen-bond acceptors (Lipinski definition) is 27. The van der Waals surface area contributed by atoms with E-state index in [1.54, 1.807) is 30.3 Å². The second kappa shape index (κ2) is 25.1. The highest BCUT2D eigenvalue weighted by molar-refractivity contribution is 7.87. The Kier molecular flexibility index (Phi) is 18.3. The van der Waals surface area contributed by atoms with Crippen LogP contribution in [0.5, 0.6) is 17.2 Å². The zero-order valence-electron chi connectivity index (χ0n) is 43.4. The van der Waals surface area contributed by atoms with Crippen molar-refractivity contribution in [3.8, 4) is 17.2 Å². The number of phenols is 3. The van der Waals surface area contributed by atoms with Crippen molar-refractivity contribution in [1.29, 1.82) is 0 Å². The molecule has 8 N–H and O–H groups in total. The molecule has 0 amide bonds. The van der Waals surface area contributed by atoms with Crippen molar-refractivity contribution in [2.75, 3.05) is 0 Å². The Balaban J connectivity index is 0.00000121. The standard InChI is InChI=1S/C50H32N8O18S5.2O3S/c59-44-6-2-4-25-3-1-5-42(47(25)44)57-53-38-16-18-40(34-22-27(78(65,66)67)9-12-31(34)38)55-51-36-14-17-39(33-21-26(77(62,63)64)7-10-29(33)36)54-52-37-15-19-41(35-23-28(79(68,69)70)8-11-30(35)37)56-58-43-24-46(81(74,75)76)49(60)32-13-20-45(80(71,72)73)50(61)48(32)43;2*1-4(2)3/h1-24,59-61H,(H,62,63,64)(H,65,66,67)(H,68,69,70)(H,71,72,73)(H,74,75,76);;. The Bertz CT molecular complexity index is 5620. The molecule has 0 aliphatic heterocycles. The Labute approximate surface area is 501 Å². The van der Waals surface area contributed by atoms with Gasteiger partial charge < -0.3 is 15.3 Å². The molecular formula is C50H32N8O24S7. The summed E-state index contributed by atoms with van der Waals surface area (Å²) in [7, 11) is -31.2. The highest BCUT2D eigenvalue weighted by Crippen LogP contribution is 2.47. The van der Waals surface area contributed by atoms with Gasteiger partial charge in [-0.15, -0.1) is 66.2 Å². The highest BCUT2D eigenvalue weighted by atomic mass is 32.2. The molecule has 0 aromatic heterocycles. The van der Waals surface area contributed by atoms with Gasteiger partial charge in [0.1, 0.15) is 27.0 Å². The number of nitrogens with zero attached hydrogens (tertiary/aromatic N) is 8. The van der Waals surface area contributed by atoms with Crippen molar-refractivity contribution >= 4 is 171 Å². The summed E-state index contributed by atoms with van der Waals surface area (Å²) in [5, 5.41) is 66.8. The number of rotatable bonds is 13. The summed E-state index contributed by atoms with van der Waals surface area (Å²) in [6.07, 6.45) is 0. The number of phenolic OH excluding ortho intramolecular Hbond substituents is 3. The molecule has 0 atom stereocenters. The Hall–Kier alpha value is -9.91. The third-order valence-electron chi connectivity index (χ3n) is 12.4. The van der Waals surface area contributed by atoms with Crippen LogP contribution in [0.4, 0.5) is 45.5 Å². The zero-order chi connectivity index (χ0) is 65.3. The maximum Gasteiger partial charge on any atom is 0.425 e. The number of aromatic hydroxyl groups is 3. The van der Waals surface area contributed by atoms with E-state index in [9.17, 15) is 80.2 Å². The predicted molar refractivity (Wildman–Crippen MR) is 310 cm³/mol. The van der Waals surface area contributed by atoms with E-state index in [0.717, 1.165) is 42.5 Å². The van der Waals surface area contributed by atoms with Crippen LogP contribution in [0.1, 0.15) is 0 Å². The van der Waals surface area contributed by atoms with Gasteiger partial charge in [-0.1, -0.05) is 42.5 Å². The average Bonchev–Trinajstić information content (AvgIpc) is 0.796. The van der Waals surface area contributed by atoms with Crippen LogP contribution in [-0.4, -0.2) is 105 Å². The van der Waals surface area contributed by atoms with Gasteiger partial charge in [-0.2, -0.15) is 42.1 Å². The van der Waals surface area contributed by atoms with Crippen molar-refractivity contribution in [2.24, 2.45) is 40.9 Å². The van der Waals surface area contributed by atoms with E-state index >= 15 is 0 Å². The fourth-order valence-corrected chi connectivity index (χ4v) is 11.3. The van der Waals surface area contributed by atoms with Crippen molar-refractivity contribution in [3.05, 3.63) is 146 Å². The topological polar surface area (TPSA) is 534 Å². The van der Waals surface area contributed by atoms with Gasteiger partial charge in [-0.25, -0.2) is 0 Å². The normalized spacial score (nSPS) is 12.6. The summed E-state index contributed by atoms with van der Waals surface area (Å²) >= 11 is 0. The maximum atomic E-state index is 12.4. The lowest BCUT2D eigenvalue weighted by Crippen LogP contribution is -2.01. The molecule has 10 aromatic carbocycles. The number of azo groups is 4. The second-order valence-corrected chi connectivity index (χ2v) is 25.6. The van der Waals surface area contributed by atoms with Crippen LogP contribution in [-0.2, 0) is 71.8 Å². The van der Waals surface area contributed by atoms with E-state index in [1.165, 1.54) is 60.7 Å². The summed E-state index contributed by atoms with van der Waals surface area (Å²) in [6.45, 7) is 0. The van der Waals surface area contributed by atoms with Gasteiger partial charge in [0.15, 0.2) is 0 Å². The molecular weight excluding hydrogens is 1320 g/mol. The van der Waals surface area contributed by atoms with Gasteiger partial charge in [-0.3, -0.25) is 22.8 Å². The maximum absolute atomic E-state index is 12.4. The smallest absolute Gasteiger partial charge is 0.425 e. The Morgan fingerprint density at radius 1 is 0.281 bits per heavy atom. The van der Waals surface area contributed by atoms with Crippen molar-refractivity contribution in [1.82, 2.24) is 0 Å². The summed E-state index contributed by atoms with van der Waals surface area (Å²) in [4.78, 5) is -4.02. The van der Waals surface area contributed by atoms with Crippen molar-refractivity contribution in [3.63, 3.8) is 0 Å². The summed E-state index contributed by atoms with van der Waals surface area (Å²) in [5.74, 6) is -2.42. The first-order valence-electron chi connectivity index (χ1n) is 23.5. The summed E-state index contributed by atoms with van der Waals surface area (Å²) < 4.78 is 223. The van der Waals surface area contributed by atoms with Gasteiger partial charge in [-0.05, 0) is 109 Å². The molecule has 458 valence electrons. The van der Waals surface area contributed by atoms with Crippen molar-refractivity contribution in [2.45, 2.75) is 24.5 Å². The van der Waals surface area contributed by atoms with Crippen LogP contribution >= 0.6 is 0 Å². The minimum Gasteiger partial charge on any atom is -0.507 e. The van der Waals surface area contributed by atoms with Gasteiger partial charge in [0, 0.05) is 37.7 Å². The Morgan fingerprint density at radius 2 is 0.596 bits per heavy atom. The van der Waals surface area contributed by atoms with Crippen molar-refractivity contribution < 1.29 is 105 Å². The molecule has 0 fully saturated rings. The molecule has 89 heavy (non-hydrogen) atoms. The van der Waals surface area contributed by atoms with Gasteiger partial charge in [0.05, 0.1) is 71.0 Å². The molecule has 0 spiro atoms. The molecule has 0 bridgehead atoms. The van der Waals surface area contributed by atoms with Gasteiger partial charge in [0.2, 0.25) is 0 Å². The van der Waals surface area contributed by atoms with E-state index < -0.39 is 124 Å². The minimum atomic E-state index is -5.25. The number of fused-ring (bicyclic) bond motifs is 5. The number of hydrogen-bond donors (Lipinski definition) is 8. The first-order valence-corrected chi connectivity index (χ1v) is 32.7. The number of benzene rings is 10. The fraction of sp³-hybridized carbons (Fsp3) is 0. The molecule has 32 nitrogen and oxygen atoms in total. The fourth-order valence-electron chi connectivity index (χ4n) is 8.62. The molecule has 39 heteroatoms. The van der Waals surface area contributed by atoms with E-state index in [1.807, 2.05) is 0 Å². The van der Waals surface area contributed by atoms with Crippen LogP contribution in [0.3, 0.4) is 0 Å². The van der Waals surface area contributed by atoms with Crippen LogP contribution in [0.15, 0.2) is 211 Å². The predicted octanol–water partition coefficient (Wildman–Crippen LogP) is 10.5. The first kappa shape index (κ1) is 65.1. The van der Waals surface area contributed by atoms with Crippen LogP contribution in [0.2, 0.25) is 0 Å². The largest absolute Gasteiger partial charge is 0.507 e. The van der Waals surface area contributed by atoms with E-state index in [4.69, 9.17) is 25.3 Å². The quantitative estimate of drug-likeness (QED) is 0.0393. The highest BCUT2D eigenvalue weighted by Gasteiger charge is 2.27. The monoisotopic (exact) mass is 1350 g/mol. The summed E-state index contributed by atoms with van der Waals surface area (Å²) in [6, 6.07) is 30.3. The summed E-state index contributed by atoms with van der Waals surface area (Å²) in [5.41, 5.74) is -0.429. The molecule has 0 saturated carbocycles. The third kappa shape index (κ3) is 14.7. The second-order valence-electron chi connectivity index (χ2n) is 17.7. The van der Waals surface area contributed by atoms with E-state index in [0.29, 0.717) is 34.0 Å². The lowest BCUT2D eigenvalue weighted by atomic mass is 10.1. The average molecular weight is 1350 g/mol. The molecule has 0 aliphatic rings. The Morgan fingerprint density at radius 3 is 0.944 bits per heavy atom. The lowest BCUT2D eigenvalue weighted by molar-refractivity contribution is 0.441. The molecule has 0 heterocycles. The van der Waals surface area contributed by atoms with Crippen LogP contribution in [0, 0.1) is 0 Å². The SMILES string of the molecule is O=S(=O)(O)c1ccc2c(N=Nc3ccc(N=Nc4cccc5cccc(O)c45)c4ccc(S(=O)(=O)O)cc34)ccc(N=Nc3ccc(N=Nc4cc(S(=O)(=O)O)c(O)c5ccc(S(=O)(=O)O)c(O)c45)c4cc(S(=O)(=O)O)ccc34)c2c1.O=S(=O)=O.O=S(=O)=O. The van der Waals surface area contributed by atoms with E-state index in [-0.39, 0.29) is 66.8 Å². The first-order chi connectivity index (χ1) is 41.5. The molecule has 10 rings (SSSR count).